The molecule has 0 atom stereocenters. The summed E-state index contributed by atoms with van der Waals surface area (Å²) in [5, 5.41) is 13.3. The predicted octanol–water partition coefficient (Wildman–Crippen LogP) is 1.70. The topological polar surface area (TPSA) is 75.4 Å². The SMILES string of the molecule is Cc1nn(C)c(C)c1CC(=O)N(CC(=O)O)c1ccccc1. The molecule has 0 spiro atoms. The van der Waals surface area contributed by atoms with Crippen LogP contribution in [0, 0.1) is 13.8 Å². The molecule has 0 aliphatic rings. The van der Waals surface area contributed by atoms with Gasteiger partial charge in [-0.15, -0.1) is 0 Å². The van der Waals surface area contributed by atoms with Crippen molar-refractivity contribution in [1.29, 1.82) is 0 Å². The molecule has 1 N–H and O–H groups in total. The van der Waals surface area contributed by atoms with E-state index in [2.05, 4.69) is 5.10 Å². The molecule has 6 nitrogen and oxygen atoms in total. The standard InChI is InChI=1S/C16H19N3O3/c1-11-14(12(2)18(3)17-11)9-15(20)19(10-16(21)22)13-7-5-4-6-8-13/h4-8H,9-10H2,1-3H3,(H,21,22). The number of anilines is 1. The van der Waals surface area contributed by atoms with Crippen LogP contribution in [0.2, 0.25) is 0 Å². The summed E-state index contributed by atoms with van der Waals surface area (Å²) in [6.07, 6.45) is 0.133. The summed E-state index contributed by atoms with van der Waals surface area (Å²) in [6, 6.07) is 8.83. The van der Waals surface area contributed by atoms with Crippen LogP contribution in [0.4, 0.5) is 5.69 Å². The lowest BCUT2D eigenvalue weighted by atomic mass is 10.1. The Morgan fingerprint density at radius 2 is 1.86 bits per heavy atom. The fraction of sp³-hybridized carbons (Fsp3) is 0.312. The van der Waals surface area contributed by atoms with Gasteiger partial charge in [-0.3, -0.25) is 14.3 Å². The summed E-state index contributed by atoms with van der Waals surface area (Å²) in [5.74, 6) is -1.30. The average Bonchev–Trinajstić information content (AvgIpc) is 2.72. The summed E-state index contributed by atoms with van der Waals surface area (Å²) in [6.45, 7) is 3.38. The molecule has 116 valence electrons. The highest BCUT2D eigenvalue weighted by Crippen LogP contribution is 2.18. The van der Waals surface area contributed by atoms with E-state index in [4.69, 9.17) is 5.11 Å². The molecule has 1 amide bonds. The number of nitrogens with zero attached hydrogens (tertiary/aromatic N) is 3. The first-order valence-corrected chi connectivity index (χ1v) is 6.96. The highest BCUT2D eigenvalue weighted by atomic mass is 16.4. The van der Waals surface area contributed by atoms with Gasteiger partial charge in [-0.2, -0.15) is 5.10 Å². The van der Waals surface area contributed by atoms with Crippen LogP contribution in [0.25, 0.3) is 0 Å². The molecule has 0 saturated heterocycles. The normalized spacial score (nSPS) is 10.5. The number of rotatable bonds is 5. The van der Waals surface area contributed by atoms with Crippen molar-refractivity contribution in [3.05, 3.63) is 47.3 Å². The Balaban J connectivity index is 2.28. The third-order valence-electron chi connectivity index (χ3n) is 3.65. The fourth-order valence-corrected chi connectivity index (χ4v) is 2.39. The number of hydrogen-bond donors (Lipinski definition) is 1. The van der Waals surface area contributed by atoms with Gasteiger partial charge in [0.1, 0.15) is 6.54 Å². The smallest absolute Gasteiger partial charge is 0.323 e. The Hall–Kier alpha value is -2.63. The lowest BCUT2D eigenvalue weighted by Crippen LogP contribution is -2.36. The first kappa shape index (κ1) is 15.8. The van der Waals surface area contributed by atoms with E-state index in [0.29, 0.717) is 5.69 Å². The molecule has 0 aliphatic heterocycles. The first-order chi connectivity index (χ1) is 10.4. The van der Waals surface area contributed by atoms with Crippen LogP contribution in [0.5, 0.6) is 0 Å². The van der Waals surface area contributed by atoms with Gasteiger partial charge in [-0.1, -0.05) is 18.2 Å². The Labute approximate surface area is 129 Å². The average molecular weight is 301 g/mol. The molecule has 0 aliphatic carbocycles. The molecule has 1 aromatic carbocycles. The second kappa shape index (κ2) is 6.43. The van der Waals surface area contributed by atoms with Crippen LogP contribution >= 0.6 is 0 Å². The van der Waals surface area contributed by atoms with Crippen molar-refractivity contribution in [3.8, 4) is 0 Å². The molecule has 0 saturated carbocycles. The van der Waals surface area contributed by atoms with Crippen molar-refractivity contribution in [2.24, 2.45) is 7.05 Å². The van der Waals surface area contributed by atoms with Crippen molar-refractivity contribution < 1.29 is 14.7 Å². The second-order valence-corrected chi connectivity index (χ2v) is 5.16. The van der Waals surface area contributed by atoms with Crippen molar-refractivity contribution >= 4 is 17.6 Å². The van der Waals surface area contributed by atoms with Gasteiger partial charge in [0.2, 0.25) is 5.91 Å². The summed E-state index contributed by atoms with van der Waals surface area (Å²) >= 11 is 0. The largest absolute Gasteiger partial charge is 0.480 e. The van der Waals surface area contributed by atoms with Gasteiger partial charge >= 0.3 is 5.97 Å². The quantitative estimate of drug-likeness (QED) is 0.912. The molecule has 6 heteroatoms. The van der Waals surface area contributed by atoms with Crippen molar-refractivity contribution in [2.45, 2.75) is 20.3 Å². The van der Waals surface area contributed by atoms with E-state index in [-0.39, 0.29) is 18.9 Å². The maximum absolute atomic E-state index is 12.6. The van der Waals surface area contributed by atoms with Gasteiger partial charge in [-0.05, 0) is 26.0 Å². The number of aliphatic carboxylic acids is 1. The van der Waals surface area contributed by atoms with Crippen LogP contribution in [-0.2, 0) is 23.1 Å². The zero-order valence-electron chi connectivity index (χ0n) is 12.9. The van der Waals surface area contributed by atoms with E-state index >= 15 is 0 Å². The third kappa shape index (κ3) is 3.33. The molecule has 0 radical (unpaired) electrons. The van der Waals surface area contributed by atoms with Crippen LogP contribution in [0.15, 0.2) is 30.3 Å². The minimum absolute atomic E-state index is 0.133. The molecule has 1 aromatic heterocycles. The number of carboxylic acids is 1. The van der Waals surface area contributed by atoms with Crippen LogP contribution in [0.3, 0.4) is 0 Å². The van der Waals surface area contributed by atoms with Crippen LogP contribution in [0.1, 0.15) is 17.0 Å². The highest BCUT2D eigenvalue weighted by Gasteiger charge is 2.21. The Kier molecular flexibility index (Phi) is 4.60. The molecule has 2 rings (SSSR count). The summed E-state index contributed by atoms with van der Waals surface area (Å²) in [7, 11) is 1.82. The molecule has 0 fully saturated rings. The van der Waals surface area contributed by atoms with E-state index in [9.17, 15) is 9.59 Å². The predicted molar refractivity (Wildman–Crippen MR) is 82.8 cm³/mol. The van der Waals surface area contributed by atoms with Gasteiger partial charge in [0.25, 0.3) is 0 Å². The Bertz CT molecular complexity index is 692. The second-order valence-electron chi connectivity index (χ2n) is 5.16. The number of hydrogen-bond acceptors (Lipinski definition) is 3. The van der Waals surface area contributed by atoms with E-state index in [1.165, 1.54) is 4.90 Å². The third-order valence-corrected chi connectivity index (χ3v) is 3.65. The number of benzene rings is 1. The van der Waals surface area contributed by atoms with Crippen LogP contribution in [-0.4, -0.2) is 33.3 Å². The molecule has 0 unspecified atom stereocenters. The summed E-state index contributed by atoms with van der Waals surface area (Å²) < 4.78 is 1.72. The summed E-state index contributed by atoms with van der Waals surface area (Å²) in [4.78, 5) is 24.9. The van der Waals surface area contributed by atoms with E-state index < -0.39 is 5.97 Å². The van der Waals surface area contributed by atoms with E-state index in [1.807, 2.05) is 27.0 Å². The first-order valence-electron chi connectivity index (χ1n) is 6.96. The van der Waals surface area contributed by atoms with Crippen LogP contribution < -0.4 is 4.90 Å². The molecule has 1 heterocycles. The molecule has 22 heavy (non-hydrogen) atoms. The minimum atomic E-state index is -1.04. The van der Waals surface area contributed by atoms with E-state index in [0.717, 1.165) is 17.0 Å². The molecule has 2 aromatic rings. The molecular weight excluding hydrogens is 282 g/mol. The number of para-hydroxylation sites is 1. The number of amides is 1. The fourth-order valence-electron chi connectivity index (χ4n) is 2.39. The van der Waals surface area contributed by atoms with Gasteiger partial charge in [0.05, 0.1) is 12.1 Å². The number of carbonyl (C=O) groups excluding carboxylic acids is 1. The Morgan fingerprint density at radius 1 is 1.23 bits per heavy atom. The van der Waals surface area contributed by atoms with E-state index in [1.54, 1.807) is 28.9 Å². The number of carboxylic acid groups (broad SMARTS) is 1. The van der Waals surface area contributed by atoms with Gasteiger partial charge < -0.3 is 10.0 Å². The maximum Gasteiger partial charge on any atom is 0.323 e. The number of aryl methyl sites for hydroxylation is 2. The highest BCUT2D eigenvalue weighted by molar-refractivity contribution is 5.98. The minimum Gasteiger partial charge on any atom is -0.480 e. The molecular formula is C16H19N3O3. The lowest BCUT2D eigenvalue weighted by molar-refractivity contribution is -0.136. The van der Waals surface area contributed by atoms with Gasteiger partial charge in [0, 0.05) is 24.0 Å². The van der Waals surface area contributed by atoms with Crippen molar-refractivity contribution in [2.75, 3.05) is 11.4 Å². The van der Waals surface area contributed by atoms with Gasteiger partial charge in [0.15, 0.2) is 0 Å². The zero-order chi connectivity index (χ0) is 16.3. The zero-order valence-corrected chi connectivity index (χ0v) is 12.9. The van der Waals surface area contributed by atoms with Crippen molar-refractivity contribution in [1.82, 2.24) is 9.78 Å². The Morgan fingerprint density at radius 3 is 2.36 bits per heavy atom. The number of aromatic nitrogens is 2. The number of carbonyl (C=O) groups is 2. The maximum atomic E-state index is 12.6. The van der Waals surface area contributed by atoms with Crippen molar-refractivity contribution in [3.63, 3.8) is 0 Å². The summed E-state index contributed by atoms with van der Waals surface area (Å²) in [5.41, 5.74) is 3.12. The molecule has 0 bridgehead atoms. The lowest BCUT2D eigenvalue weighted by Gasteiger charge is -2.21. The monoisotopic (exact) mass is 301 g/mol. The van der Waals surface area contributed by atoms with Gasteiger partial charge in [-0.25, -0.2) is 0 Å².